The van der Waals surface area contributed by atoms with Crippen molar-refractivity contribution in [2.75, 3.05) is 19.3 Å². The van der Waals surface area contributed by atoms with Crippen molar-refractivity contribution in [2.24, 2.45) is 5.73 Å². The molecule has 0 aliphatic carbocycles. The summed E-state index contributed by atoms with van der Waals surface area (Å²) in [5.41, 5.74) is 4.73. The van der Waals surface area contributed by atoms with Crippen LogP contribution in [0.1, 0.15) is 37.5 Å². The SMILES string of the molecule is Cc1cn([C@H]2C[C@H](O)[C@@H](CO[PH](=O)CCCCCN)O2)c(=O)[nH]c1=O. The van der Waals surface area contributed by atoms with E-state index in [1.165, 1.54) is 10.8 Å². The number of nitrogens with two attached hydrogens (primary N) is 1. The molecule has 1 unspecified atom stereocenters. The molecule has 1 aliphatic rings. The Kier molecular flexibility index (Phi) is 7.58. The first-order valence-corrected chi connectivity index (χ1v) is 9.96. The second kappa shape index (κ2) is 9.45. The normalized spacial score (nSPS) is 24.5. The minimum atomic E-state index is -2.18. The van der Waals surface area contributed by atoms with Crippen LogP contribution in [0.15, 0.2) is 15.8 Å². The summed E-state index contributed by atoms with van der Waals surface area (Å²) >= 11 is 0. The zero-order chi connectivity index (χ0) is 18.4. The fraction of sp³-hybridized carbons (Fsp3) is 0.733. The van der Waals surface area contributed by atoms with Crippen molar-refractivity contribution < 1.29 is 18.9 Å². The largest absolute Gasteiger partial charge is 0.390 e. The number of aliphatic hydroxyl groups excluding tert-OH is 1. The molecule has 1 saturated heterocycles. The molecular weight excluding hydrogens is 349 g/mol. The van der Waals surface area contributed by atoms with Crippen LogP contribution in [0.25, 0.3) is 0 Å². The number of ether oxygens (including phenoxy) is 1. The number of hydrogen-bond acceptors (Lipinski definition) is 7. The average Bonchev–Trinajstić information content (AvgIpc) is 2.93. The summed E-state index contributed by atoms with van der Waals surface area (Å²) in [5.74, 6) is 0. The zero-order valence-electron chi connectivity index (χ0n) is 14.3. The van der Waals surface area contributed by atoms with Crippen LogP contribution in [0.2, 0.25) is 0 Å². The van der Waals surface area contributed by atoms with E-state index in [4.69, 9.17) is 15.0 Å². The summed E-state index contributed by atoms with van der Waals surface area (Å²) in [5, 5.41) is 10.1. The molecule has 0 bridgehead atoms. The summed E-state index contributed by atoms with van der Waals surface area (Å²) in [6.45, 7) is 2.20. The summed E-state index contributed by atoms with van der Waals surface area (Å²) < 4.78 is 24.1. The lowest BCUT2D eigenvalue weighted by Crippen LogP contribution is -2.33. The Labute approximate surface area is 146 Å². The summed E-state index contributed by atoms with van der Waals surface area (Å²) in [7, 11) is -2.18. The lowest BCUT2D eigenvalue weighted by atomic mass is 10.2. The minimum absolute atomic E-state index is 0.00341. The molecule has 4 N–H and O–H groups in total. The van der Waals surface area contributed by atoms with Gasteiger partial charge in [0, 0.05) is 24.3 Å². The van der Waals surface area contributed by atoms with Gasteiger partial charge in [-0.25, -0.2) is 4.79 Å². The predicted octanol–water partition coefficient (Wildman–Crippen LogP) is 0.114. The first-order valence-electron chi connectivity index (χ1n) is 8.43. The highest BCUT2D eigenvalue weighted by atomic mass is 31.1. The van der Waals surface area contributed by atoms with Crippen molar-refractivity contribution in [3.8, 4) is 0 Å². The lowest BCUT2D eigenvalue weighted by Gasteiger charge is -2.16. The van der Waals surface area contributed by atoms with Gasteiger partial charge in [-0.2, -0.15) is 0 Å². The van der Waals surface area contributed by atoms with Crippen LogP contribution < -0.4 is 17.0 Å². The molecule has 142 valence electrons. The van der Waals surface area contributed by atoms with Gasteiger partial charge in [0.1, 0.15) is 12.3 Å². The first kappa shape index (κ1) is 20.1. The number of aromatic amines is 1. The number of nitrogens with one attached hydrogen (secondary N) is 1. The molecule has 2 heterocycles. The van der Waals surface area contributed by atoms with Gasteiger partial charge in [-0.3, -0.25) is 18.9 Å². The number of unbranched alkanes of at least 4 members (excludes halogenated alkanes) is 2. The molecule has 0 saturated carbocycles. The average molecular weight is 375 g/mol. The molecule has 1 aromatic heterocycles. The first-order chi connectivity index (χ1) is 11.9. The van der Waals surface area contributed by atoms with Gasteiger partial charge in [0.2, 0.25) is 0 Å². The van der Waals surface area contributed by atoms with E-state index in [1.54, 1.807) is 6.92 Å². The van der Waals surface area contributed by atoms with Crippen LogP contribution >= 0.6 is 8.03 Å². The number of hydrogen-bond donors (Lipinski definition) is 3. The van der Waals surface area contributed by atoms with E-state index in [9.17, 15) is 19.3 Å². The second-order valence-electron chi connectivity index (χ2n) is 6.19. The van der Waals surface area contributed by atoms with Gasteiger partial charge < -0.3 is 20.1 Å². The van der Waals surface area contributed by atoms with E-state index in [0.717, 1.165) is 19.3 Å². The topological polar surface area (TPSA) is 137 Å². The molecule has 4 atom stereocenters. The molecule has 2 rings (SSSR count). The second-order valence-corrected chi connectivity index (χ2v) is 7.73. The van der Waals surface area contributed by atoms with E-state index in [1.807, 2.05) is 0 Å². The highest BCUT2D eigenvalue weighted by molar-refractivity contribution is 7.39. The molecule has 10 heteroatoms. The summed E-state index contributed by atoms with van der Waals surface area (Å²) in [4.78, 5) is 25.5. The van der Waals surface area contributed by atoms with Crippen molar-refractivity contribution in [3.05, 3.63) is 32.6 Å². The van der Waals surface area contributed by atoms with Gasteiger partial charge in [-0.05, 0) is 26.3 Å². The van der Waals surface area contributed by atoms with Crippen LogP contribution in [-0.4, -0.2) is 46.2 Å². The van der Waals surface area contributed by atoms with Gasteiger partial charge >= 0.3 is 5.69 Å². The monoisotopic (exact) mass is 375 g/mol. The Morgan fingerprint density at radius 1 is 1.44 bits per heavy atom. The standard InChI is InChI=1S/C15H26N3O6P/c1-10-8-18(15(21)17-14(10)20)13-7-11(19)12(24-13)9-23-25(22)6-4-2-3-5-16/h8,11-13,19,25H,2-7,9,16H2,1H3,(H,17,20,21)/t11-,12+,13+/m0/s1. The van der Waals surface area contributed by atoms with Crippen molar-refractivity contribution in [1.82, 2.24) is 9.55 Å². The highest BCUT2D eigenvalue weighted by Crippen LogP contribution is 2.31. The third-order valence-corrected chi connectivity index (χ3v) is 5.40. The smallest absolute Gasteiger partial charge is 0.330 e. The van der Waals surface area contributed by atoms with Crippen molar-refractivity contribution in [3.63, 3.8) is 0 Å². The quantitative estimate of drug-likeness (QED) is 0.412. The molecular formula is C15H26N3O6P. The van der Waals surface area contributed by atoms with Gasteiger partial charge in [-0.15, -0.1) is 0 Å². The van der Waals surface area contributed by atoms with Gasteiger partial charge in [0.15, 0.2) is 8.03 Å². The molecule has 1 fully saturated rings. The Balaban J connectivity index is 1.87. The fourth-order valence-electron chi connectivity index (χ4n) is 2.67. The maximum atomic E-state index is 11.9. The van der Waals surface area contributed by atoms with Crippen molar-refractivity contribution in [2.45, 2.75) is 51.0 Å². The third-order valence-electron chi connectivity index (χ3n) is 4.15. The zero-order valence-corrected chi connectivity index (χ0v) is 15.3. The number of aliphatic hydroxyl groups is 1. The number of rotatable bonds is 9. The number of aromatic nitrogens is 2. The summed E-state index contributed by atoms with van der Waals surface area (Å²) in [6.07, 6.45) is 2.48. The fourth-order valence-corrected chi connectivity index (χ4v) is 3.71. The Morgan fingerprint density at radius 3 is 2.92 bits per heavy atom. The molecule has 0 amide bonds. The molecule has 0 spiro atoms. The molecule has 1 aromatic rings. The Bertz CT molecular complexity index is 703. The lowest BCUT2D eigenvalue weighted by molar-refractivity contribution is -0.0398. The number of H-pyrrole nitrogens is 1. The van der Waals surface area contributed by atoms with Gasteiger partial charge in [0.05, 0.1) is 12.7 Å². The van der Waals surface area contributed by atoms with Crippen molar-refractivity contribution >= 4 is 8.03 Å². The van der Waals surface area contributed by atoms with Gasteiger partial charge in [-0.1, -0.05) is 6.42 Å². The minimum Gasteiger partial charge on any atom is -0.390 e. The molecule has 25 heavy (non-hydrogen) atoms. The van der Waals surface area contributed by atoms with Crippen LogP contribution in [0.5, 0.6) is 0 Å². The highest BCUT2D eigenvalue weighted by Gasteiger charge is 2.36. The van der Waals surface area contributed by atoms with Crippen molar-refractivity contribution in [1.29, 1.82) is 0 Å². The Hall–Kier alpha value is -1.25. The van der Waals surface area contributed by atoms with Gasteiger partial charge in [0.25, 0.3) is 5.56 Å². The molecule has 0 aromatic carbocycles. The van der Waals surface area contributed by atoms with Crippen LogP contribution in [0, 0.1) is 6.92 Å². The van der Waals surface area contributed by atoms with E-state index >= 15 is 0 Å². The third kappa shape index (κ3) is 5.62. The predicted molar refractivity (Wildman–Crippen MR) is 93.3 cm³/mol. The number of nitrogens with zero attached hydrogens (tertiary/aromatic N) is 1. The van der Waals surface area contributed by atoms with Crippen LogP contribution in [-0.2, 0) is 13.8 Å². The number of aryl methyl sites for hydroxylation is 1. The van der Waals surface area contributed by atoms with E-state index in [0.29, 0.717) is 18.3 Å². The Morgan fingerprint density at radius 2 is 2.20 bits per heavy atom. The molecule has 0 radical (unpaired) electrons. The summed E-state index contributed by atoms with van der Waals surface area (Å²) in [6, 6.07) is 0. The maximum Gasteiger partial charge on any atom is 0.330 e. The molecule has 9 nitrogen and oxygen atoms in total. The van der Waals surface area contributed by atoms with Crippen LogP contribution in [0.4, 0.5) is 0 Å². The molecule has 1 aliphatic heterocycles. The van der Waals surface area contributed by atoms with E-state index < -0.39 is 37.7 Å². The van der Waals surface area contributed by atoms with E-state index in [2.05, 4.69) is 4.98 Å². The van der Waals surface area contributed by atoms with Crippen LogP contribution in [0.3, 0.4) is 0 Å². The maximum absolute atomic E-state index is 11.9. The van der Waals surface area contributed by atoms with E-state index in [-0.39, 0.29) is 13.0 Å².